The van der Waals surface area contributed by atoms with E-state index in [0.29, 0.717) is 0 Å². The van der Waals surface area contributed by atoms with Crippen LogP contribution in [0.25, 0.3) is 0 Å². The van der Waals surface area contributed by atoms with Crippen molar-refractivity contribution < 1.29 is 4.39 Å². The van der Waals surface area contributed by atoms with Crippen molar-refractivity contribution in [2.24, 2.45) is 0 Å². The number of nitrogens with one attached hydrogen (secondary N) is 1. The Hall–Kier alpha value is -1.69. The Morgan fingerprint density at radius 2 is 2.10 bits per heavy atom. The molecule has 0 bridgehead atoms. The molecule has 4 nitrogen and oxygen atoms in total. The van der Waals surface area contributed by atoms with E-state index in [1.54, 1.807) is 0 Å². The predicted molar refractivity (Wildman–Crippen MR) is 85.0 cm³/mol. The van der Waals surface area contributed by atoms with Gasteiger partial charge in [-0.25, -0.2) is 9.37 Å². The average Bonchev–Trinajstić information content (AvgIpc) is 2.96. The molecule has 0 amide bonds. The van der Waals surface area contributed by atoms with E-state index in [1.807, 2.05) is 13.0 Å². The lowest BCUT2D eigenvalue weighted by Gasteiger charge is -2.30. The first kappa shape index (κ1) is 14.3. The van der Waals surface area contributed by atoms with E-state index in [2.05, 4.69) is 19.6 Å². The van der Waals surface area contributed by atoms with Gasteiger partial charge in [0.25, 0.3) is 0 Å². The third-order valence-electron chi connectivity index (χ3n) is 3.68. The van der Waals surface area contributed by atoms with Crippen LogP contribution in [-0.2, 0) is 6.42 Å². The number of aryl methyl sites for hydroxylation is 1. The number of hydrogen-bond acceptors (Lipinski definition) is 5. The zero-order chi connectivity index (χ0) is 14.7. The van der Waals surface area contributed by atoms with Crippen LogP contribution in [0.2, 0.25) is 0 Å². The molecule has 3 rings (SSSR count). The van der Waals surface area contributed by atoms with Gasteiger partial charge in [-0.3, -0.25) is 0 Å². The third kappa shape index (κ3) is 3.32. The summed E-state index contributed by atoms with van der Waals surface area (Å²) in [5, 5.41) is 3.95. The number of rotatable bonds is 4. The Bertz CT molecular complexity index is 607. The highest BCUT2D eigenvalue weighted by atomic mass is 32.1. The van der Waals surface area contributed by atoms with Crippen molar-refractivity contribution in [3.63, 3.8) is 0 Å². The number of aromatic nitrogens is 2. The number of piperidine rings is 1. The quantitative estimate of drug-likeness (QED) is 0.928. The molecule has 2 aromatic rings. The molecule has 112 valence electrons. The van der Waals surface area contributed by atoms with Crippen molar-refractivity contribution in [2.75, 3.05) is 23.3 Å². The molecule has 1 fully saturated rings. The molecular weight excluding hydrogens is 287 g/mol. The summed E-state index contributed by atoms with van der Waals surface area (Å²) < 4.78 is 17.9. The lowest BCUT2D eigenvalue weighted by Crippen LogP contribution is -2.29. The summed E-state index contributed by atoms with van der Waals surface area (Å²) >= 11 is 1.32. The van der Waals surface area contributed by atoms with Crippen LogP contribution in [0, 0.1) is 5.82 Å². The number of hydrogen-bond donors (Lipinski definition) is 1. The highest BCUT2D eigenvalue weighted by Crippen LogP contribution is 2.32. The number of halogens is 1. The molecule has 0 unspecified atom stereocenters. The SMILES string of the molecule is CCc1nsc(Nc2cc(F)ccc2N2CCCCC2)n1. The zero-order valence-corrected chi connectivity index (χ0v) is 12.9. The largest absolute Gasteiger partial charge is 0.370 e. The molecule has 1 aliphatic rings. The Morgan fingerprint density at radius 3 is 2.81 bits per heavy atom. The Labute approximate surface area is 128 Å². The first-order valence-corrected chi connectivity index (χ1v) is 8.17. The summed E-state index contributed by atoms with van der Waals surface area (Å²) in [5.74, 6) is 0.580. The molecule has 0 atom stereocenters. The molecule has 2 heterocycles. The van der Waals surface area contributed by atoms with Gasteiger partial charge in [0.1, 0.15) is 11.6 Å². The summed E-state index contributed by atoms with van der Waals surface area (Å²) in [6.45, 7) is 4.07. The minimum absolute atomic E-state index is 0.238. The van der Waals surface area contributed by atoms with Crippen LogP contribution >= 0.6 is 11.5 Å². The minimum Gasteiger partial charge on any atom is -0.370 e. The highest BCUT2D eigenvalue weighted by molar-refractivity contribution is 7.09. The van der Waals surface area contributed by atoms with Crippen LogP contribution in [-0.4, -0.2) is 22.4 Å². The molecule has 1 N–H and O–H groups in total. The van der Waals surface area contributed by atoms with Gasteiger partial charge in [0, 0.05) is 31.0 Å². The summed E-state index contributed by atoms with van der Waals surface area (Å²) in [6, 6.07) is 4.91. The Balaban J connectivity index is 1.86. The molecule has 0 spiro atoms. The van der Waals surface area contributed by atoms with Crippen LogP contribution in [0.15, 0.2) is 18.2 Å². The molecule has 0 radical (unpaired) electrons. The second-order valence-electron chi connectivity index (χ2n) is 5.20. The lowest BCUT2D eigenvalue weighted by atomic mass is 10.1. The third-order valence-corrected chi connectivity index (χ3v) is 4.35. The Kier molecular flexibility index (Phi) is 4.34. The summed E-state index contributed by atoms with van der Waals surface area (Å²) in [5.41, 5.74) is 1.82. The standard InChI is InChI=1S/C15H19FN4S/c1-2-14-18-15(21-19-14)17-12-10-11(16)6-7-13(12)20-8-4-3-5-9-20/h6-7,10H,2-5,8-9H2,1H3,(H,17,18,19). The van der Waals surface area contributed by atoms with Crippen molar-refractivity contribution in [2.45, 2.75) is 32.6 Å². The lowest BCUT2D eigenvalue weighted by molar-refractivity contribution is 0.577. The fraction of sp³-hybridized carbons (Fsp3) is 0.467. The van der Waals surface area contributed by atoms with E-state index in [-0.39, 0.29) is 5.82 Å². The van der Waals surface area contributed by atoms with Crippen molar-refractivity contribution >= 4 is 28.0 Å². The van der Waals surface area contributed by atoms with Gasteiger partial charge in [-0.1, -0.05) is 6.92 Å². The van der Waals surface area contributed by atoms with Crippen molar-refractivity contribution in [1.82, 2.24) is 9.36 Å². The van der Waals surface area contributed by atoms with E-state index in [0.717, 1.165) is 41.8 Å². The van der Waals surface area contributed by atoms with E-state index < -0.39 is 0 Å². The van der Waals surface area contributed by atoms with Crippen LogP contribution < -0.4 is 10.2 Å². The maximum Gasteiger partial charge on any atom is 0.207 e. The van der Waals surface area contributed by atoms with Crippen LogP contribution in [0.4, 0.5) is 20.9 Å². The molecule has 1 saturated heterocycles. The highest BCUT2D eigenvalue weighted by Gasteiger charge is 2.16. The van der Waals surface area contributed by atoms with Gasteiger partial charge in [0.2, 0.25) is 5.13 Å². The minimum atomic E-state index is -0.238. The molecule has 1 aliphatic heterocycles. The molecule has 21 heavy (non-hydrogen) atoms. The van der Waals surface area contributed by atoms with Gasteiger partial charge < -0.3 is 10.2 Å². The fourth-order valence-corrected chi connectivity index (χ4v) is 3.25. The maximum atomic E-state index is 13.6. The smallest absolute Gasteiger partial charge is 0.207 e. The predicted octanol–water partition coefficient (Wildman–Crippen LogP) is 3.97. The summed E-state index contributed by atoms with van der Waals surface area (Å²) in [6.07, 6.45) is 4.46. The number of benzene rings is 1. The topological polar surface area (TPSA) is 41.1 Å². The van der Waals surface area contributed by atoms with E-state index >= 15 is 0 Å². The number of nitrogens with zero attached hydrogens (tertiary/aromatic N) is 3. The average molecular weight is 306 g/mol. The second kappa shape index (κ2) is 6.39. The zero-order valence-electron chi connectivity index (χ0n) is 12.1. The normalized spacial score (nSPS) is 15.2. The van der Waals surface area contributed by atoms with Crippen molar-refractivity contribution in [3.05, 3.63) is 29.8 Å². The van der Waals surface area contributed by atoms with Gasteiger partial charge >= 0.3 is 0 Å². The monoisotopic (exact) mass is 306 g/mol. The van der Waals surface area contributed by atoms with Crippen molar-refractivity contribution in [1.29, 1.82) is 0 Å². The van der Waals surface area contributed by atoms with Gasteiger partial charge in [-0.2, -0.15) is 4.37 Å². The maximum absolute atomic E-state index is 13.6. The fourth-order valence-electron chi connectivity index (χ4n) is 2.58. The first-order valence-electron chi connectivity index (χ1n) is 7.40. The molecular formula is C15H19FN4S. The summed E-state index contributed by atoms with van der Waals surface area (Å²) in [4.78, 5) is 6.71. The molecule has 6 heteroatoms. The van der Waals surface area contributed by atoms with Crippen molar-refractivity contribution in [3.8, 4) is 0 Å². The first-order chi connectivity index (χ1) is 10.3. The van der Waals surface area contributed by atoms with Gasteiger partial charge in [0.05, 0.1) is 11.4 Å². The summed E-state index contributed by atoms with van der Waals surface area (Å²) in [7, 11) is 0. The molecule has 1 aromatic carbocycles. The second-order valence-corrected chi connectivity index (χ2v) is 5.96. The number of anilines is 3. The Morgan fingerprint density at radius 1 is 1.29 bits per heavy atom. The van der Waals surface area contributed by atoms with Crippen LogP contribution in [0.5, 0.6) is 0 Å². The van der Waals surface area contributed by atoms with E-state index in [1.165, 1.54) is 42.9 Å². The molecule has 1 aromatic heterocycles. The molecule has 0 aliphatic carbocycles. The molecule has 0 saturated carbocycles. The van der Waals surface area contributed by atoms with Gasteiger partial charge in [-0.05, 0) is 37.5 Å². The van der Waals surface area contributed by atoms with Gasteiger partial charge in [0.15, 0.2) is 0 Å². The van der Waals surface area contributed by atoms with E-state index in [4.69, 9.17) is 0 Å². The van der Waals surface area contributed by atoms with E-state index in [9.17, 15) is 4.39 Å². The van der Waals surface area contributed by atoms with Crippen LogP contribution in [0.1, 0.15) is 32.0 Å². The van der Waals surface area contributed by atoms with Gasteiger partial charge in [-0.15, -0.1) is 0 Å². The van der Waals surface area contributed by atoms with Crippen LogP contribution in [0.3, 0.4) is 0 Å².